The lowest BCUT2D eigenvalue weighted by Gasteiger charge is -2.25. The molecule has 0 aromatic heterocycles. The summed E-state index contributed by atoms with van der Waals surface area (Å²) in [7, 11) is 4.10. The maximum atomic E-state index is 5.63. The van der Waals surface area contributed by atoms with Gasteiger partial charge in [-0.2, -0.15) is 0 Å². The zero-order chi connectivity index (χ0) is 17.7. The van der Waals surface area contributed by atoms with Crippen LogP contribution in [0.3, 0.4) is 0 Å². The van der Waals surface area contributed by atoms with Gasteiger partial charge in [-0.3, -0.25) is 0 Å². The molecule has 0 spiro atoms. The first kappa shape index (κ1) is 18.3. The summed E-state index contributed by atoms with van der Waals surface area (Å²) in [6.45, 7) is 8.00. The fraction of sp³-hybridized carbons (Fsp3) is 0.350. The standard InChI is InChI=1S/C20H27N3S/c1-6-23(14-17-9-11-18(12-10-17)22(4)5)20(24)21-19-13-15(2)7-8-16(19)3/h7-13H,6,14H2,1-5H3,(H,21,24). The molecule has 0 saturated heterocycles. The molecule has 0 radical (unpaired) electrons. The Hall–Kier alpha value is -2.07. The minimum atomic E-state index is 0.767. The van der Waals surface area contributed by atoms with E-state index in [2.05, 4.69) is 92.4 Å². The molecule has 0 aliphatic rings. The number of hydrogen-bond donors (Lipinski definition) is 1. The molecule has 24 heavy (non-hydrogen) atoms. The SMILES string of the molecule is CCN(Cc1ccc(N(C)C)cc1)C(=S)Nc1cc(C)ccc1C. The number of thiocarbonyl (C=S) groups is 1. The van der Waals surface area contributed by atoms with Crippen LogP contribution in [0.2, 0.25) is 0 Å². The number of nitrogens with zero attached hydrogens (tertiary/aromatic N) is 2. The Labute approximate surface area is 151 Å². The van der Waals surface area contributed by atoms with E-state index < -0.39 is 0 Å². The lowest BCUT2D eigenvalue weighted by Crippen LogP contribution is -2.34. The molecule has 2 aromatic carbocycles. The highest BCUT2D eigenvalue weighted by Crippen LogP contribution is 2.18. The Morgan fingerprint density at radius 3 is 2.29 bits per heavy atom. The van der Waals surface area contributed by atoms with E-state index in [1.807, 2.05) is 0 Å². The largest absolute Gasteiger partial charge is 0.378 e. The van der Waals surface area contributed by atoms with E-state index >= 15 is 0 Å². The van der Waals surface area contributed by atoms with Gasteiger partial charge < -0.3 is 15.1 Å². The summed E-state index contributed by atoms with van der Waals surface area (Å²) >= 11 is 5.63. The van der Waals surface area contributed by atoms with Crippen LogP contribution < -0.4 is 10.2 Å². The first-order valence-corrected chi connectivity index (χ1v) is 8.71. The van der Waals surface area contributed by atoms with E-state index in [0.717, 1.165) is 23.9 Å². The molecular formula is C20H27N3S. The Morgan fingerprint density at radius 2 is 1.71 bits per heavy atom. The second kappa shape index (κ2) is 8.15. The number of benzene rings is 2. The van der Waals surface area contributed by atoms with Gasteiger partial charge in [0.15, 0.2) is 5.11 Å². The molecule has 128 valence electrons. The molecule has 4 heteroatoms. The molecule has 2 aromatic rings. The van der Waals surface area contributed by atoms with E-state index in [1.165, 1.54) is 22.4 Å². The second-order valence-electron chi connectivity index (χ2n) is 6.32. The van der Waals surface area contributed by atoms with Crippen molar-refractivity contribution in [3.63, 3.8) is 0 Å². The van der Waals surface area contributed by atoms with Gasteiger partial charge >= 0.3 is 0 Å². The normalized spacial score (nSPS) is 10.4. The van der Waals surface area contributed by atoms with Crippen molar-refractivity contribution in [1.82, 2.24) is 4.90 Å². The summed E-state index contributed by atoms with van der Waals surface area (Å²) in [5.41, 5.74) is 5.98. The summed E-state index contributed by atoms with van der Waals surface area (Å²) in [5.74, 6) is 0. The quantitative estimate of drug-likeness (QED) is 0.802. The average Bonchev–Trinajstić information content (AvgIpc) is 2.56. The minimum Gasteiger partial charge on any atom is -0.378 e. The maximum Gasteiger partial charge on any atom is 0.173 e. The zero-order valence-electron chi connectivity index (χ0n) is 15.3. The predicted molar refractivity (Wildman–Crippen MR) is 109 cm³/mol. The van der Waals surface area contributed by atoms with Gasteiger partial charge in [-0.1, -0.05) is 24.3 Å². The van der Waals surface area contributed by atoms with Crippen LogP contribution in [0.4, 0.5) is 11.4 Å². The predicted octanol–water partition coefficient (Wildman–Crippen LogP) is 4.59. The highest BCUT2D eigenvalue weighted by molar-refractivity contribution is 7.80. The van der Waals surface area contributed by atoms with Gasteiger partial charge in [0.25, 0.3) is 0 Å². The Balaban J connectivity index is 2.07. The van der Waals surface area contributed by atoms with Gasteiger partial charge in [0, 0.05) is 38.6 Å². The second-order valence-corrected chi connectivity index (χ2v) is 6.71. The molecule has 2 rings (SSSR count). The Bertz CT molecular complexity index is 693. The Morgan fingerprint density at radius 1 is 1.04 bits per heavy atom. The van der Waals surface area contributed by atoms with E-state index in [9.17, 15) is 0 Å². The molecule has 0 aliphatic heterocycles. The molecule has 1 N–H and O–H groups in total. The molecule has 0 aliphatic carbocycles. The fourth-order valence-electron chi connectivity index (χ4n) is 2.51. The summed E-state index contributed by atoms with van der Waals surface area (Å²) in [6, 6.07) is 15.0. The van der Waals surface area contributed by atoms with Crippen molar-refractivity contribution in [3.8, 4) is 0 Å². The van der Waals surface area contributed by atoms with Crippen molar-refractivity contribution >= 4 is 28.7 Å². The molecule has 0 saturated carbocycles. The molecule has 0 atom stereocenters. The third kappa shape index (κ3) is 4.71. The lowest BCUT2D eigenvalue weighted by molar-refractivity contribution is 0.442. The van der Waals surface area contributed by atoms with Crippen LogP contribution in [0.5, 0.6) is 0 Å². The molecule has 0 amide bonds. The van der Waals surface area contributed by atoms with Crippen molar-refractivity contribution in [3.05, 3.63) is 59.2 Å². The zero-order valence-corrected chi connectivity index (χ0v) is 16.1. The number of hydrogen-bond acceptors (Lipinski definition) is 2. The fourth-order valence-corrected chi connectivity index (χ4v) is 2.82. The van der Waals surface area contributed by atoms with E-state index in [0.29, 0.717) is 0 Å². The van der Waals surface area contributed by atoms with Crippen LogP contribution in [0, 0.1) is 13.8 Å². The first-order chi connectivity index (χ1) is 11.4. The number of nitrogens with one attached hydrogen (secondary N) is 1. The van der Waals surface area contributed by atoms with E-state index in [1.54, 1.807) is 0 Å². The molecule has 0 bridgehead atoms. The van der Waals surface area contributed by atoms with Crippen LogP contribution in [0.15, 0.2) is 42.5 Å². The number of aryl methyl sites for hydroxylation is 2. The molecular weight excluding hydrogens is 314 g/mol. The Kier molecular flexibility index (Phi) is 6.21. The van der Waals surface area contributed by atoms with Crippen molar-refractivity contribution in [2.75, 3.05) is 30.9 Å². The van der Waals surface area contributed by atoms with Gasteiger partial charge in [0.05, 0.1) is 0 Å². The van der Waals surface area contributed by atoms with Crippen molar-refractivity contribution < 1.29 is 0 Å². The summed E-state index contributed by atoms with van der Waals surface area (Å²) < 4.78 is 0. The highest BCUT2D eigenvalue weighted by Gasteiger charge is 2.10. The lowest BCUT2D eigenvalue weighted by atomic mass is 10.1. The average molecular weight is 342 g/mol. The third-order valence-electron chi connectivity index (χ3n) is 4.13. The molecule has 3 nitrogen and oxygen atoms in total. The molecule has 0 unspecified atom stereocenters. The van der Waals surface area contributed by atoms with Gasteiger partial charge in [-0.05, 0) is 67.9 Å². The first-order valence-electron chi connectivity index (χ1n) is 8.30. The van der Waals surface area contributed by atoms with Crippen LogP contribution in [-0.2, 0) is 6.54 Å². The summed E-state index contributed by atoms with van der Waals surface area (Å²) in [5, 5.41) is 4.17. The number of rotatable bonds is 5. The van der Waals surface area contributed by atoms with Crippen molar-refractivity contribution in [1.29, 1.82) is 0 Å². The number of anilines is 2. The highest BCUT2D eigenvalue weighted by atomic mass is 32.1. The van der Waals surface area contributed by atoms with E-state index in [4.69, 9.17) is 12.2 Å². The van der Waals surface area contributed by atoms with Gasteiger partial charge in [0.1, 0.15) is 0 Å². The van der Waals surface area contributed by atoms with Crippen molar-refractivity contribution in [2.24, 2.45) is 0 Å². The summed E-state index contributed by atoms with van der Waals surface area (Å²) in [6.07, 6.45) is 0. The van der Waals surface area contributed by atoms with Crippen molar-refractivity contribution in [2.45, 2.75) is 27.3 Å². The van der Waals surface area contributed by atoms with Crippen LogP contribution in [0.1, 0.15) is 23.6 Å². The molecule has 0 heterocycles. The van der Waals surface area contributed by atoms with Crippen LogP contribution >= 0.6 is 12.2 Å². The topological polar surface area (TPSA) is 18.5 Å². The van der Waals surface area contributed by atoms with Gasteiger partial charge in [0.2, 0.25) is 0 Å². The smallest absolute Gasteiger partial charge is 0.173 e. The van der Waals surface area contributed by atoms with E-state index in [-0.39, 0.29) is 0 Å². The maximum absolute atomic E-state index is 5.63. The third-order valence-corrected chi connectivity index (χ3v) is 4.49. The van der Waals surface area contributed by atoms with Gasteiger partial charge in [-0.25, -0.2) is 0 Å². The summed E-state index contributed by atoms with van der Waals surface area (Å²) in [4.78, 5) is 4.29. The molecule has 0 fully saturated rings. The van der Waals surface area contributed by atoms with Crippen LogP contribution in [0.25, 0.3) is 0 Å². The minimum absolute atomic E-state index is 0.767. The monoisotopic (exact) mass is 341 g/mol. The van der Waals surface area contributed by atoms with Crippen LogP contribution in [-0.4, -0.2) is 30.7 Å². The van der Waals surface area contributed by atoms with Gasteiger partial charge in [-0.15, -0.1) is 0 Å².